The molecule has 4 nitrogen and oxygen atoms in total. The van der Waals surface area contributed by atoms with E-state index in [1.54, 1.807) is 6.07 Å². The van der Waals surface area contributed by atoms with E-state index in [2.05, 4.69) is 5.32 Å². The van der Waals surface area contributed by atoms with Gasteiger partial charge in [0.25, 0.3) is 0 Å². The molecule has 0 saturated carbocycles. The molecule has 0 aliphatic carbocycles. The van der Waals surface area contributed by atoms with Gasteiger partial charge in [0.2, 0.25) is 11.8 Å². The molecule has 0 bridgehead atoms. The quantitative estimate of drug-likeness (QED) is 0.931. The van der Waals surface area contributed by atoms with Crippen molar-refractivity contribution < 1.29 is 22.8 Å². The highest BCUT2D eigenvalue weighted by Crippen LogP contribution is 2.29. The minimum atomic E-state index is -4.41. The predicted octanol–water partition coefficient (Wildman–Crippen LogP) is 2.33. The van der Waals surface area contributed by atoms with Gasteiger partial charge < -0.3 is 10.2 Å². The van der Waals surface area contributed by atoms with Gasteiger partial charge in [0.1, 0.15) is 6.04 Å². The zero-order chi connectivity index (χ0) is 16.3. The highest BCUT2D eigenvalue weighted by Gasteiger charge is 2.31. The van der Waals surface area contributed by atoms with Crippen LogP contribution in [0.2, 0.25) is 0 Å². The van der Waals surface area contributed by atoms with E-state index in [4.69, 9.17) is 0 Å². The first kappa shape index (κ1) is 16.3. The molecule has 1 N–H and O–H groups in total. The van der Waals surface area contributed by atoms with Crippen molar-refractivity contribution in [3.8, 4) is 0 Å². The molecular formula is C15H17F3N2O2. The number of amides is 2. The van der Waals surface area contributed by atoms with Gasteiger partial charge in [-0.15, -0.1) is 0 Å². The standard InChI is InChI=1S/C15H17F3N2O2/c1-20(14(22)12-6-3-7-13(21)19-12)9-10-4-2-5-11(8-10)15(16,17)18/h2,4-5,8,12H,3,6-7,9H2,1H3,(H,19,21)/t12-/m1/s1. The number of hydrogen-bond acceptors (Lipinski definition) is 2. The lowest BCUT2D eigenvalue weighted by molar-refractivity contribution is -0.138. The molecule has 2 amide bonds. The maximum Gasteiger partial charge on any atom is 0.416 e. The summed E-state index contributed by atoms with van der Waals surface area (Å²) in [6.45, 7) is 0.0646. The summed E-state index contributed by atoms with van der Waals surface area (Å²) in [5, 5.41) is 2.61. The van der Waals surface area contributed by atoms with Crippen LogP contribution in [0, 0.1) is 0 Å². The number of carbonyl (C=O) groups excluding carboxylic acids is 2. The molecular weight excluding hydrogens is 297 g/mol. The first-order chi connectivity index (χ1) is 10.3. The second-order valence-electron chi connectivity index (χ2n) is 5.40. The second kappa shape index (κ2) is 6.37. The fraction of sp³-hybridized carbons (Fsp3) is 0.467. The summed E-state index contributed by atoms with van der Waals surface area (Å²) in [5.41, 5.74) is -0.343. The van der Waals surface area contributed by atoms with E-state index in [0.29, 0.717) is 24.8 Å². The van der Waals surface area contributed by atoms with Gasteiger partial charge in [0, 0.05) is 20.0 Å². The van der Waals surface area contributed by atoms with Gasteiger partial charge >= 0.3 is 6.18 Å². The summed E-state index contributed by atoms with van der Waals surface area (Å²) < 4.78 is 38.0. The topological polar surface area (TPSA) is 49.4 Å². The normalized spacial score (nSPS) is 18.7. The number of halogens is 3. The van der Waals surface area contributed by atoms with E-state index in [1.807, 2.05) is 0 Å². The lowest BCUT2D eigenvalue weighted by atomic mass is 10.0. The maximum atomic E-state index is 12.7. The summed E-state index contributed by atoms with van der Waals surface area (Å²) >= 11 is 0. The number of alkyl halides is 3. The lowest BCUT2D eigenvalue weighted by Crippen LogP contribution is -2.49. The number of nitrogens with one attached hydrogen (secondary N) is 1. The van der Waals surface area contributed by atoms with Crippen molar-refractivity contribution in [3.05, 3.63) is 35.4 Å². The molecule has 1 fully saturated rings. The molecule has 1 aliphatic heterocycles. The van der Waals surface area contributed by atoms with Gasteiger partial charge in [-0.3, -0.25) is 9.59 Å². The van der Waals surface area contributed by atoms with Crippen molar-refractivity contribution in [3.63, 3.8) is 0 Å². The van der Waals surface area contributed by atoms with Crippen LogP contribution in [0.5, 0.6) is 0 Å². The van der Waals surface area contributed by atoms with E-state index in [0.717, 1.165) is 12.1 Å². The van der Waals surface area contributed by atoms with Crippen molar-refractivity contribution in [1.82, 2.24) is 10.2 Å². The van der Waals surface area contributed by atoms with Crippen LogP contribution in [0.15, 0.2) is 24.3 Å². The number of likely N-dealkylation sites (N-methyl/N-ethyl adjacent to an activating group) is 1. The van der Waals surface area contributed by atoms with Crippen LogP contribution in [-0.2, 0) is 22.3 Å². The summed E-state index contributed by atoms with van der Waals surface area (Å²) in [6, 6.07) is 4.30. The number of hydrogen-bond donors (Lipinski definition) is 1. The molecule has 1 aromatic rings. The van der Waals surface area contributed by atoms with Crippen LogP contribution in [0.1, 0.15) is 30.4 Å². The van der Waals surface area contributed by atoms with Gasteiger partial charge in [0.15, 0.2) is 0 Å². The summed E-state index contributed by atoms with van der Waals surface area (Å²) in [4.78, 5) is 24.9. The minimum absolute atomic E-state index is 0.0646. The average molecular weight is 314 g/mol. The van der Waals surface area contributed by atoms with Crippen molar-refractivity contribution in [1.29, 1.82) is 0 Å². The fourth-order valence-corrected chi connectivity index (χ4v) is 2.45. The first-order valence-electron chi connectivity index (χ1n) is 6.98. The second-order valence-corrected chi connectivity index (χ2v) is 5.40. The number of piperidine rings is 1. The molecule has 1 saturated heterocycles. The van der Waals surface area contributed by atoms with Gasteiger partial charge in [0.05, 0.1) is 5.56 Å². The molecule has 0 spiro atoms. The van der Waals surface area contributed by atoms with Crippen molar-refractivity contribution in [2.24, 2.45) is 0 Å². The minimum Gasteiger partial charge on any atom is -0.344 e. The monoisotopic (exact) mass is 314 g/mol. The zero-order valence-electron chi connectivity index (χ0n) is 12.1. The highest BCUT2D eigenvalue weighted by molar-refractivity contribution is 5.88. The third-order valence-corrected chi connectivity index (χ3v) is 3.58. The smallest absolute Gasteiger partial charge is 0.344 e. The average Bonchev–Trinajstić information content (AvgIpc) is 2.46. The Morgan fingerprint density at radius 2 is 2.14 bits per heavy atom. The van der Waals surface area contributed by atoms with Crippen LogP contribution < -0.4 is 5.32 Å². The van der Waals surface area contributed by atoms with E-state index < -0.39 is 17.8 Å². The molecule has 0 aromatic heterocycles. The van der Waals surface area contributed by atoms with Crippen LogP contribution in [0.4, 0.5) is 13.2 Å². The fourth-order valence-electron chi connectivity index (χ4n) is 2.45. The van der Waals surface area contributed by atoms with Crippen molar-refractivity contribution >= 4 is 11.8 Å². The number of benzene rings is 1. The maximum absolute atomic E-state index is 12.7. The van der Waals surface area contributed by atoms with Gasteiger partial charge in [-0.25, -0.2) is 0 Å². The highest BCUT2D eigenvalue weighted by atomic mass is 19.4. The number of nitrogens with zero attached hydrogens (tertiary/aromatic N) is 1. The molecule has 0 unspecified atom stereocenters. The molecule has 0 radical (unpaired) electrons. The molecule has 1 aromatic carbocycles. The Morgan fingerprint density at radius 3 is 2.77 bits per heavy atom. The van der Waals surface area contributed by atoms with Crippen molar-refractivity contribution in [2.45, 2.75) is 38.0 Å². The summed E-state index contributed by atoms with van der Waals surface area (Å²) in [5.74, 6) is -0.456. The Labute approximate surface area is 126 Å². The van der Waals surface area contributed by atoms with Crippen LogP contribution in [0.3, 0.4) is 0 Å². The Hall–Kier alpha value is -2.05. The van der Waals surface area contributed by atoms with Gasteiger partial charge in [-0.2, -0.15) is 13.2 Å². The van der Waals surface area contributed by atoms with Gasteiger partial charge in [-0.05, 0) is 30.5 Å². The lowest BCUT2D eigenvalue weighted by Gasteiger charge is -2.27. The van der Waals surface area contributed by atoms with Gasteiger partial charge in [-0.1, -0.05) is 12.1 Å². The van der Waals surface area contributed by atoms with E-state index >= 15 is 0 Å². The molecule has 1 aliphatic rings. The van der Waals surface area contributed by atoms with Crippen molar-refractivity contribution in [2.75, 3.05) is 7.05 Å². The molecule has 7 heteroatoms. The van der Waals surface area contributed by atoms with Crippen LogP contribution in [0.25, 0.3) is 0 Å². The number of carbonyl (C=O) groups is 2. The Bertz CT molecular complexity index is 572. The molecule has 2 rings (SSSR count). The molecule has 22 heavy (non-hydrogen) atoms. The summed E-state index contributed by atoms with van der Waals surface area (Å²) in [7, 11) is 1.52. The predicted molar refractivity (Wildman–Crippen MR) is 73.7 cm³/mol. The summed E-state index contributed by atoms with van der Waals surface area (Å²) in [6.07, 6.45) is -2.81. The molecule has 120 valence electrons. The van der Waals surface area contributed by atoms with E-state index in [9.17, 15) is 22.8 Å². The largest absolute Gasteiger partial charge is 0.416 e. The Balaban J connectivity index is 2.03. The third kappa shape index (κ3) is 3.99. The SMILES string of the molecule is CN(Cc1cccc(C(F)(F)F)c1)C(=O)[C@H]1CCCC(=O)N1. The molecule has 1 atom stereocenters. The number of rotatable bonds is 3. The van der Waals surface area contributed by atoms with Crippen LogP contribution >= 0.6 is 0 Å². The van der Waals surface area contributed by atoms with E-state index in [-0.39, 0.29) is 18.4 Å². The third-order valence-electron chi connectivity index (χ3n) is 3.58. The molecule has 1 heterocycles. The van der Waals surface area contributed by atoms with Crippen LogP contribution in [-0.4, -0.2) is 29.8 Å². The first-order valence-corrected chi connectivity index (χ1v) is 6.98. The Morgan fingerprint density at radius 1 is 1.41 bits per heavy atom. The zero-order valence-corrected chi connectivity index (χ0v) is 12.1. The van der Waals surface area contributed by atoms with E-state index in [1.165, 1.54) is 18.0 Å². The Kier molecular flexibility index (Phi) is 4.73.